The van der Waals surface area contributed by atoms with Crippen molar-refractivity contribution >= 4 is 5.91 Å². The van der Waals surface area contributed by atoms with Gasteiger partial charge in [-0.2, -0.15) is 0 Å². The lowest BCUT2D eigenvalue weighted by Gasteiger charge is -2.40. The fourth-order valence-electron chi connectivity index (χ4n) is 3.54. The van der Waals surface area contributed by atoms with E-state index >= 15 is 0 Å². The largest absolute Gasteiger partial charge is 0.454 e. The van der Waals surface area contributed by atoms with Crippen LogP contribution in [-0.2, 0) is 17.8 Å². The Morgan fingerprint density at radius 1 is 1.25 bits per heavy atom. The zero-order valence-corrected chi connectivity index (χ0v) is 13.7. The second kappa shape index (κ2) is 5.85. The lowest BCUT2D eigenvalue weighted by molar-refractivity contribution is -0.138. The molecule has 0 bridgehead atoms. The molecule has 1 atom stereocenters. The highest BCUT2D eigenvalue weighted by Gasteiger charge is 2.35. The predicted molar refractivity (Wildman–Crippen MR) is 85.5 cm³/mol. The van der Waals surface area contributed by atoms with Gasteiger partial charge in [0.15, 0.2) is 11.5 Å². The summed E-state index contributed by atoms with van der Waals surface area (Å²) in [7, 11) is 0. The summed E-state index contributed by atoms with van der Waals surface area (Å²) in [4.78, 5) is 14.1. The molecule has 0 N–H and O–H groups in total. The van der Waals surface area contributed by atoms with Crippen LogP contribution in [0.4, 0.5) is 0 Å². The summed E-state index contributed by atoms with van der Waals surface area (Å²) >= 11 is 0. The number of hydrogen-bond acceptors (Lipinski definition) is 5. The van der Waals surface area contributed by atoms with Gasteiger partial charge in [-0.1, -0.05) is 18.1 Å². The maximum absolute atomic E-state index is 12.2. The molecule has 6 nitrogen and oxygen atoms in total. The van der Waals surface area contributed by atoms with Crippen LogP contribution in [0, 0.1) is 5.41 Å². The molecule has 3 heterocycles. The zero-order valence-electron chi connectivity index (χ0n) is 13.7. The minimum atomic E-state index is 0.0331. The molecule has 1 fully saturated rings. The molecule has 1 aromatic carbocycles. The first-order chi connectivity index (χ1) is 11.6. The van der Waals surface area contributed by atoms with Crippen LogP contribution in [0.1, 0.15) is 31.0 Å². The van der Waals surface area contributed by atoms with Crippen molar-refractivity contribution in [2.75, 3.05) is 13.3 Å². The van der Waals surface area contributed by atoms with E-state index in [1.807, 2.05) is 17.0 Å². The number of aromatic nitrogens is 1. The van der Waals surface area contributed by atoms with Crippen molar-refractivity contribution in [1.82, 2.24) is 10.1 Å². The Morgan fingerprint density at radius 2 is 2.12 bits per heavy atom. The Balaban J connectivity index is 1.48. The van der Waals surface area contributed by atoms with E-state index in [1.54, 1.807) is 6.07 Å². The number of carbonyl (C=O) groups excluding carboxylic acids is 1. The van der Waals surface area contributed by atoms with Crippen molar-refractivity contribution < 1.29 is 18.8 Å². The number of ether oxygens (including phenoxy) is 2. The highest BCUT2D eigenvalue weighted by molar-refractivity contribution is 5.77. The minimum absolute atomic E-state index is 0.0331. The first kappa shape index (κ1) is 15.1. The Hall–Kier alpha value is -2.50. The lowest BCUT2D eigenvalue weighted by Crippen LogP contribution is -2.45. The topological polar surface area (TPSA) is 64.8 Å². The summed E-state index contributed by atoms with van der Waals surface area (Å²) in [6, 6.07) is 7.89. The quantitative estimate of drug-likeness (QED) is 0.863. The van der Waals surface area contributed by atoms with E-state index in [1.165, 1.54) is 11.8 Å². The van der Waals surface area contributed by atoms with Crippen molar-refractivity contribution in [3.05, 3.63) is 41.8 Å². The normalized spacial score (nSPS) is 22.9. The number of piperidine rings is 1. The summed E-state index contributed by atoms with van der Waals surface area (Å²) in [6.45, 7) is 3.75. The van der Waals surface area contributed by atoms with Gasteiger partial charge >= 0.3 is 0 Å². The average molecular weight is 328 g/mol. The van der Waals surface area contributed by atoms with E-state index in [0.29, 0.717) is 19.5 Å². The van der Waals surface area contributed by atoms with E-state index < -0.39 is 0 Å². The van der Waals surface area contributed by atoms with Gasteiger partial charge in [0.2, 0.25) is 12.7 Å². The maximum Gasteiger partial charge on any atom is 0.231 e. The van der Waals surface area contributed by atoms with Crippen LogP contribution >= 0.6 is 0 Å². The molecule has 0 unspecified atom stereocenters. The second-order valence-corrected chi connectivity index (χ2v) is 6.92. The Kier molecular flexibility index (Phi) is 3.67. The summed E-state index contributed by atoms with van der Waals surface area (Å²) in [5.41, 5.74) is 2.03. The van der Waals surface area contributed by atoms with E-state index in [2.05, 4.69) is 18.1 Å². The van der Waals surface area contributed by atoms with Crippen LogP contribution < -0.4 is 9.47 Å². The fraction of sp³-hybridized carbons (Fsp3) is 0.444. The molecule has 1 saturated heterocycles. The van der Waals surface area contributed by atoms with E-state index in [-0.39, 0.29) is 18.1 Å². The second-order valence-electron chi connectivity index (χ2n) is 6.92. The highest BCUT2D eigenvalue weighted by atomic mass is 16.7. The van der Waals surface area contributed by atoms with Crippen molar-refractivity contribution in [2.45, 2.75) is 32.7 Å². The van der Waals surface area contributed by atoms with Crippen LogP contribution in [0.3, 0.4) is 0 Å². The molecule has 0 saturated carbocycles. The SMILES string of the molecule is C[C@@]1(Cc2ccc3c(c2)OCO3)CCC(=O)N(Cc2ccon2)C1. The Morgan fingerprint density at radius 3 is 2.96 bits per heavy atom. The molecule has 0 radical (unpaired) electrons. The number of likely N-dealkylation sites (tertiary alicyclic amines) is 1. The third-order valence-corrected chi connectivity index (χ3v) is 4.78. The molecule has 2 aliphatic rings. The molecular formula is C18H20N2O4. The van der Waals surface area contributed by atoms with Crippen LogP contribution in [0.5, 0.6) is 11.5 Å². The van der Waals surface area contributed by atoms with Gasteiger partial charge in [0.05, 0.1) is 6.54 Å². The van der Waals surface area contributed by atoms with Crippen molar-refractivity contribution in [1.29, 1.82) is 0 Å². The third-order valence-electron chi connectivity index (χ3n) is 4.78. The number of amides is 1. The van der Waals surface area contributed by atoms with E-state index in [4.69, 9.17) is 14.0 Å². The van der Waals surface area contributed by atoms with Crippen LogP contribution in [-0.4, -0.2) is 29.3 Å². The number of nitrogens with zero attached hydrogens (tertiary/aromatic N) is 2. The molecule has 126 valence electrons. The van der Waals surface area contributed by atoms with Gasteiger partial charge in [0.25, 0.3) is 0 Å². The van der Waals surface area contributed by atoms with Gasteiger partial charge in [-0.05, 0) is 36.0 Å². The van der Waals surface area contributed by atoms with Gasteiger partial charge in [-0.15, -0.1) is 0 Å². The van der Waals surface area contributed by atoms with Crippen molar-refractivity contribution in [3.63, 3.8) is 0 Å². The molecule has 0 spiro atoms. The number of fused-ring (bicyclic) bond motifs is 1. The van der Waals surface area contributed by atoms with E-state index in [9.17, 15) is 4.79 Å². The Labute approximate surface area is 140 Å². The van der Waals surface area contributed by atoms with Crippen LogP contribution in [0.15, 0.2) is 35.1 Å². The summed E-state index contributed by atoms with van der Waals surface area (Å²) in [5, 5.41) is 3.92. The van der Waals surface area contributed by atoms with Gasteiger partial charge in [0, 0.05) is 19.0 Å². The molecule has 4 rings (SSSR count). The van der Waals surface area contributed by atoms with Gasteiger partial charge in [-0.3, -0.25) is 4.79 Å². The number of benzene rings is 1. The highest BCUT2D eigenvalue weighted by Crippen LogP contribution is 2.38. The molecule has 6 heteroatoms. The predicted octanol–water partition coefficient (Wildman–Crippen LogP) is 2.77. The fourth-order valence-corrected chi connectivity index (χ4v) is 3.54. The first-order valence-corrected chi connectivity index (χ1v) is 8.17. The van der Waals surface area contributed by atoms with Crippen molar-refractivity contribution in [3.8, 4) is 11.5 Å². The summed E-state index contributed by atoms with van der Waals surface area (Å²) < 4.78 is 15.7. The zero-order chi connectivity index (χ0) is 16.6. The standard InChI is InChI=1S/C18H20N2O4/c1-18(9-13-2-3-15-16(8-13)23-12-22-15)6-4-17(21)20(11-18)10-14-5-7-24-19-14/h2-3,5,7-8H,4,6,9-12H2,1H3/t18-/m0/s1. The summed E-state index contributed by atoms with van der Waals surface area (Å²) in [6.07, 6.45) is 3.89. The Bertz CT molecular complexity index is 743. The molecule has 2 aliphatic heterocycles. The number of rotatable bonds is 4. The van der Waals surface area contributed by atoms with Gasteiger partial charge in [-0.25, -0.2) is 0 Å². The number of hydrogen-bond donors (Lipinski definition) is 0. The van der Waals surface area contributed by atoms with Crippen molar-refractivity contribution in [2.24, 2.45) is 5.41 Å². The molecule has 24 heavy (non-hydrogen) atoms. The monoisotopic (exact) mass is 328 g/mol. The first-order valence-electron chi connectivity index (χ1n) is 8.17. The van der Waals surface area contributed by atoms with Gasteiger partial charge < -0.3 is 18.9 Å². The molecule has 0 aliphatic carbocycles. The molecule has 2 aromatic rings. The smallest absolute Gasteiger partial charge is 0.231 e. The minimum Gasteiger partial charge on any atom is -0.454 e. The van der Waals surface area contributed by atoms with Crippen LogP contribution in [0.25, 0.3) is 0 Å². The maximum atomic E-state index is 12.2. The average Bonchev–Trinajstić information content (AvgIpc) is 3.22. The van der Waals surface area contributed by atoms with Crippen LogP contribution in [0.2, 0.25) is 0 Å². The molecular weight excluding hydrogens is 308 g/mol. The third kappa shape index (κ3) is 2.96. The van der Waals surface area contributed by atoms with E-state index in [0.717, 1.165) is 30.0 Å². The molecule has 1 aromatic heterocycles. The summed E-state index contributed by atoms with van der Waals surface area (Å²) in [5.74, 6) is 1.79. The molecule has 1 amide bonds. The lowest BCUT2D eigenvalue weighted by atomic mass is 9.76. The van der Waals surface area contributed by atoms with Gasteiger partial charge in [0.1, 0.15) is 12.0 Å². The number of carbonyl (C=O) groups is 1.